The third-order valence-electron chi connectivity index (χ3n) is 3.46. The van der Waals surface area contributed by atoms with Gasteiger partial charge in [-0.15, -0.1) is 0 Å². The summed E-state index contributed by atoms with van der Waals surface area (Å²) in [5, 5.41) is 12.3. The molecule has 0 aliphatic rings. The third kappa shape index (κ3) is 7.36. The maximum absolute atomic E-state index is 12.6. The van der Waals surface area contributed by atoms with E-state index in [2.05, 4.69) is 5.32 Å². The van der Waals surface area contributed by atoms with E-state index in [1.807, 2.05) is 57.2 Å². The number of hydrogen-bond acceptors (Lipinski definition) is 5. The summed E-state index contributed by atoms with van der Waals surface area (Å²) in [4.78, 5) is 23.7. The molecule has 1 amide bonds. The van der Waals surface area contributed by atoms with Gasteiger partial charge in [-0.2, -0.15) is 5.26 Å². The third-order valence-corrected chi connectivity index (χ3v) is 3.46. The second kappa shape index (κ2) is 9.19. The van der Waals surface area contributed by atoms with Crippen LogP contribution in [0.25, 0.3) is 0 Å². The highest BCUT2D eigenvalue weighted by atomic mass is 16.5. The summed E-state index contributed by atoms with van der Waals surface area (Å²) in [6, 6.07) is 11.7. The molecule has 1 atom stereocenters. The number of nitrogens with zero attached hydrogens (tertiary/aromatic N) is 1. The Hall–Kier alpha value is -2.39. The lowest BCUT2D eigenvalue weighted by atomic mass is 9.90. The van der Waals surface area contributed by atoms with Gasteiger partial charge in [-0.05, 0) is 32.8 Å². The molecule has 0 aromatic heterocycles. The molecule has 0 aliphatic heterocycles. The molecule has 0 bridgehead atoms. The van der Waals surface area contributed by atoms with Gasteiger partial charge in [0.25, 0.3) is 0 Å². The Balaban J connectivity index is 2.75. The van der Waals surface area contributed by atoms with E-state index in [1.165, 1.54) is 6.92 Å². The Morgan fingerprint density at radius 2 is 1.80 bits per heavy atom. The first-order valence-electron chi connectivity index (χ1n) is 8.19. The molecule has 6 nitrogen and oxygen atoms in total. The van der Waals surface area contributed by atoms with Gasteiger partial charge in [-0.1, -0.05) is 30.3 Å². The Kier molecular flexibility index (Phi) is 7.59. The lowest BCUT2D eigenvalue weighted by Crippen LogP contribution is -2.48. The maximum Gasteiger partial charge on any atom is 0.302 e. The first-order valence-corrected chi connectivity index (χ1v) is 8.19. The zero-order valence-electron chi connectivity index (χ0n) is 15.3. The lowest BCUT2D eigenvalue weighted by molar-refractivity contribution is -0.150. The average Bonchev–Trinajstić information content (AvgIpc) is 2.55. The van der Waals surface area contributed by atoms with E-state index < -0.39 is 22.9 Å². The zero-order valence-corrected chi connectivity index (χ0v) is 15.3. The number of nitriles is 1. The van der Waals surface area contributed by atoms with Crippen molar-refractivity contribution in [3.05, 3.63) is 35.9 Å². The molecule has 0 radical (unpaired) electrons. The molecule has 0 aliphatic carbocycles. The number of carbonyl (C=O) groups is 2. The average molecular weight is 346 g/mol. The van der Waals surface area contributed by atoms with Crippen LogP contribution >= 0.6 is 0 Å². The molecule has 0 saturated carbocycles. The molecule has 1 N–H and O–H groups in total. The number of amides is 1. The van der Waals surface area contributed by atoms with E-state index in [-0.39, 0.29) is 13.2 Å². The molecular formula is C19H26N2O4. The van der Waals surface area contributed by atoms with Gasteiger partial charge in [0.15, 0.2) is 5.41 Å². The Labute approximate surface area is 149 Å². The number of benzene rings is 1. The topological polar surface area (TPSA) is 88.4 Å². The Morgan fingerprint density at radius 3 is 2.32 bits per heavy atom. The molecule has 25 heavy (non-hydrogen) atoms. The van der Waals surface area contributed by atoms with Gasteiger partial charge in [0.05, 0.1) is 18.3 Å². The van der Waals surface area contributed by atoms with Gasteiger partial charge >= 0.3 is 5.97 Å². The number of esters is 1. The summed E-state index contributed by atoms with van der Waals surface area (Å²) in [5.74, 6) is -1.05. The summed E-state index contributed by atoms with van der Waals surface area (Å²) in [5.41, 5.74) is -1.02. The lowest BCUT2D eigenvalue weighted by Gasteiger charge is -2.29. The van der Waals surface area contributed by atoms with Crippen LogP contribution in [-0.4, -0.2) is 37.2 Å². The summed E-state index contributed by atoms with van der Waals surface area (Å²) >= 11 is 0. The normalized spacial score (nSPS) is 13.4. The van der Waals surface area contributed by atoms with Gasteiger partial charge in [0, 0.05) is 13.5 Å². The van der Waals surface area contributed by atoms with Crippen LogP contribution in [0.4, 0.5) is 0 Å². The molecule has 1 unspecified atom stereocenters. The molecule has 136 valence electrons. The van der Waals surface area contributed by atoms with E-state index in [0.717, 1.165) is 5.56 Å². The van der Waals surface area contributed by atoms with Crippen molar-refractivity contribution in [3.8, 4) is 6.07 Å². The molecule has 1 aromatic rings. The summed E-state index contributed by atoms with van der Waals surface area (Å²) in [6.45, 7) is 6.60. The van der Waals surface area contributed by atoms with E-state index >= 15 is 0 Å². The first-order chi connectivity index (χ1) is 11.7. The minimum Gasteiger partial charge on any atom is -0.464 e. The summed E-state index contributed by atoms with van der Waals surface area (Å²) in [6.07, 6.45) is 0.641. The van der Waals surface area contributed by atoms with Crippen molar-refractivity contribution in [2.45, 2.75) is 39.7 Å². The fourth-order valence-corrected chi connectivity index (χ4v) is 1.99. The van der Waals surface area contributed by atoms with E-state index in [4.69, 9.17) is 9.47 Å². The van der Waals surface area contributed by atoms with Crippen molar-refractivity contribution in [2.24, 2.45) is 5.41 Å². The SMILES string of the molecule is CC(=O)OCC(C#N)(COC(C)(C)C)C(=O)NCCc1ccccc1. The van der Waals surface area contributed by atoms with Crippen LogP contribution in [0.5, 0.6) is 0 Å². The number of ether oxygens (including phenoxy) is 2. The molecule has 0 heterocycles. The number of nitrogens with one attached hydrogen (secondary N) is 1. The van der Waals surface area contributed by atoms with Crippen molar-refractivity contribution < 1.29 is 19.1 Å². The van der Waals surface area contributed by atoms with Crippen LogP contribution in [0.2, 0.25) is 0 Å². The minimum atomic E-state index is -1.57. The van der Waals surface area contributed by atoms with Gasteiger partial charge < -0.3 is 14.8 Å². The predicted octanol–water partition coefficient (Wildman–Crippen LogP) is 2.23. The van der Waals surface area contributed by atoms with Crippen molar-refractivity contribution in [1.82, 2.24) is 5.32 Å². The van der Waals surface area contributed by atoms with Gasteiger partial charge in [-0.3, -0.25) is 9.59 Å². The number of carbonyl (C=O) groups excluding carboxylic acids is 2. The van der Waals surface area contributed by atoms with E-state index in [9.17, 15) is 14.9 Å². The monoisotopic (exact) mass is 346 g/mol. The van der Waals surface area contributed by atoms with Crippen LogP contribution in [-0.2, 0) is 25.5 Å². The van der Waals surface area contributed by atoms with Crippen molar-refractivity contribution in [3.63, 3.8) is 0 Å². The zero-order chi connectivity index (χ0) is 18.9. The molecular weight excluding hydrogens is 320 g/mol. The van der Waals surface area contributed by atoms with Gasteiger partial charge in [-0.25, -0.2) is 0 Å². The fraction of sp³-hybridized carbons (Fsp3) is 0.526. The standard InChI is InChI=1S/C19H26N2O4/c1-15(22)24-13-19(12-20,14-25-18(2,3)4)17(23)21-11-10-16-8-6-5-7-9-16/h5-9H,10-11,13-14H2,1-4H3,(H,21,23). The molecule has 6 heteroatoms. The van der Waals surface area contributed by atoms with Crippen LogP contribution in [0.1, 0.15) is 33.3 Å². The highest BCUT2D eigenvalue weighted by Gasteiger charge is 2.41. The summed E-state index contributed by atoms with van der Waals surface area (Å²) < 4.78 is 10.6. The minimum absolute atomic E-state index is 0.155. The quantitative estimate of drug-likeness (QED) is 0.729. The predicted molar refractivity (Wildman–Crippen MR) is 93.5 cm³/mol. The highest BCUT2D eigenvalue weighted by Crippen LogP contribution is 2.22. The molecule has 0 saturated heterocycles. The Bertz CT molecular complexity index is 617. The highest BCUT2D eigenvalue weighted by molar-refractivity contribution is 5.86. The van der Waals surface area contributed by atoms with Gasteiger partial charge in [0.1, 0.15) is 6.61 Å². The largest absolute Gasteiger partial charge is 0.464 e. The summed E-state index contributed by atoms with van der Waals surface area (Å²) in [7, 11) is 0. The van der Waals surface area contributed by atoms with Crippen LogP contribution in [0.15, 0.2) is 30.3 Å². The Morgan fingerprint density at radius 1 is 1.16 bits per heavy atom. The van der Waals surface area contributed by atoms with Gasteiger partial charge in [0.2, 0.25) is 5.91 Å². The van der Waals surface area contributed by atoms with Crippen molar-refractivity contribution in [1.29, 1.82) is 5.26 Å². The fourth-order valence-electron chi connectivity index (χ4n) is 1.99. The van der Waals surface area contributed by atoms with Crippen molar-refractivity contribution >= 4 is 11.9 Å². The molecule has 1 rings (SSSR count). The second-order valence-corrected chi connectivity index (χ2v) is 6.87. The molecule has 0 fully saturated rings. The second-order valence-electron chi connectivity index (χ2n) is 6.87. The number of rotatable bonds is 8. The van der Waals surface area contributed by atoms with E-state index in [0.29, 0.717) is 13.0 Å². The number of hydrogen-bond donors (Lipinski definition) is 1. The molecule has 0 spiro atoms. The smallest absolute Gasteiger partial charge is 0.302 e. The van der Waals surface area contributed by atoms with E-state index in [1.54, 1.807) is 0 Å². The first kappa shape index (κ1) is 20.7. The maximum atomic E-state index is 12.6. The van der Waals surface area contributed by atoms with Crippen molar-refractivity contribution in [2.75, 3.05) is 19.8 Å². The van der Waals surface area contributed by atoms with Crippen LogP contribution < -0.4 is 5.32 Å². The molecule has 1 aromatic carbocycles. The van der Waals surface area contributed by atoms with Crippen LogP contribution in [0.3, 0.4) is 0 Å². The van der Waals surface area contributed by atoms with Crippen LogP contribution in [0, 0.1) is 16.7 Å².